The van der Waals surface area contributed by atoms with E-state index in [9.17, 15) is 25.3 Å². The van der Waals surface area contributed by atoms with E-state index in [-0.39, 0.29) is 105 Å². The molecule has 3 aliphatic heterocycles. The van der Waals surface area contributed by atoms with Crippen molar-refractivity contribution in [3.05, 3.63) is 184 Å². The molecule has 0 spiro atoms. The summed E-state index contributed by atoms with van der Waals surface area (Å²) in [5.41, 5.74) is 5.97. The van der Waals surface area contributed by atoms with E-state index >= 15 is 4.57 Å². The van der Waals surface area contributed by atoms with Crippen LogP contribution in [0.2, 0.25) is 0 Å². The van der Waals surface area contributed by atoms with Crippen molar-refractivity contribution in [3.8, 4) is 85.2 Å². The highest BCUT2D eigenvalue weighted by Crippen LogP contribution is 2.50. The number of aromatic nitrogens is 18. The quantitative estimate of drug-likeness (QED) is 0.0278. The average molecular weight is 1700 g/mol. The first-order valence-corrected chi connectivity index (χ1v) is 43.4. The number of fused-ring (bicyclic) bond motifs is 3. The molecule has 3 N–H and O–H groups in total. The van der Waals surface area contributed by atoms with Crippen LogP contribution >= 0.6 is 7.82 Å². The molecule has 0 bridgehead atoms. The summed E-state index contributed by atoms with van der Waals surface area (Å²) in [6.07, 6.45) is 22.9. The van der Waals surface area contributed by atoms with Gasteiger partial charge in [-0.2, -0.15) is 43.2 Å². The number of phosphoric ester groups is 1. The first kappa shape index (κ1) is 77.6. The number of benzene rings is 3. The summed E-state index contributed by atoms with van der Waals surface area (Å²) in [7, 11) is -11.4. The minimum Gasteiger partial charge on any atom is -0.467 e. The van der Waals surface area contributed by atoms with Gasteiger partial charge in [-0.3, -0.25) is 27.2 Å². The lowest BCUT2D eigenvalue weighted by Gasteiger charge is -2.31. The molecule has 40 nitrogen and oxygen atoms in total. The van der Waals surface area contributed by atoms with Crippen molar-refractivity contribution < 1.29 is 70.9 Å². The second-order valence-electron chi connectivity index (χ2n) is 28.1. The molecule has 15 heterocycles. The van der Waals surface area contributed by atoms with E-state index in [0.717, 1.165) is 0 Å². The summed E-state index contributed by atoms with van der Waals surface area (Å²) >= 11 is 0. The van der Waals surface area contributed by atoms with Gasteiger partial charge in [0.05, 0.1) is 17.1 Å². The lowest BCUT2D eigenvalue weighted by Crippen LogP contribution is -2.45. The Kier molecular flexibility index (Phi) is 21.1. The maximum Gasteiger partial charge on any atom is 0.483 e. The van der Waals surface area contributed by atoms with Crippen LogP contribution in [0.25, 0.3) is 85.5 Å². The first-order chi connectivity index (χ1) is 57.7. The SMILES string of the molecule is Cn1ccc(S(=O)(=O)N2CCCC(Nc3nccc(-c4c(-c5cccc(OCOP(=O)(OCOc6cccc(-c7nc8occn8c7-c7ccnc(NC8CCCN(S(=O)(=O)c9ccn(C)n9)C8)n7)c6)OCOc6cccc(-c7nc8occn8c7-c7ccnc(NC8CCCN(S(=O)(=O)c9ccn(C)n9)C8)n7)c6)c5)nc5occn45)n3)C2)n1. The van der Waals surface area contributed by atoms with Gasteiger partial charge in [-0.05, 0) is 111 Å². The molecule has 3 aromatic carbocycles. The smallest absolute Gasteiger partial charge is 0.467 e. The Morgan fingerprint density at radius 3 is 1.02 bits per heavy atom. The molecule has 3 saturated heterocycles. The van der Waals surface area contributed by atoms with Gasteiger partial charge >= 0.3 is 25.4 Å². The van der Waals surface area contributed by atoms with Gasteiger partial charge in [-0.15, -0.1) is 0 Å². The summed E-state index contributed by atoms with van der Waals surface area (Å²) < 4.78 is 164. The van der Waals surface area contributed by atoms with Crippen molar-refractivity contribution >= 4 is 73.3 Å². The molecule has 3 fully saturated rings. The van der Waals surface area contributed by atoms with Crippen molar-refractivity contribution in [2.24, 2.45) is 21.1 Å². The second-order valence-corrected chi connectivity index (χ2v) is 35.4. The van der Waals surface area contributed by atoms with Crippen molar-refractivity contribution in [1.29, 1.82) is 0 Å². The molecule has 0 saturated carbocycles. The number of nitrogens with one attached hydrogen (secondary N) is 3. The number of sulfonamides is 3. The lowest BCUT2D eigenvalue weighted by molar-refractivity contribution is -0.00439. The largest absolute Gasteiger partial charge is 0.483 e. The number of nitrogens with zero attached hydrogens (tertiary/aromatic N) is 21. The van der Waals surface area contributed by atoms with Crippen LogP contribution in [0, 0.1) is 0 Å². The molecule has 0 aliphatic carbocycles. The molecule has 0 amide bonds. The number of imidazole rings is 3. The zero-order valence-corrected chi connectivity index (χ0v) is 67.1. The Balaban J connectivity index is 0.582. The first-order valence-electron chi connectivity index (χ1n) is 37.6. The number of rotatable bonds is 30. The van der Waals surface area contributed by atoms with Crippen LogP contribution in [0.5, 0.6) is 17.2 Å². The molecule has 3 unspecified atom stereocenters. The molecule has 0 radical (unpaired) electrons. The Hall–Kier alpha value is -12.6. The van der Waals surface area contributed by atoms with Gasteiger partial charge in [0, 0.05) is 151 Å². The molecule has 15 aromatic rings. The van der Waals surface area contributed by atoms with Gasteiger partial charge in [0.2, 0.25) is 17.8 Å². The molecule has 614 valence electrons. The maximum absolute atomic E-state index is 15.2. The third kappa shape index (κ3) is 16.2. The number of ether oxygens (including phenoxy) is 3. The van der Waals surface area contributed by atoms with E-state index in [0.29, 0.717) is 126 Å². The normalized spacial score (nSPS) is 17.3. The summed E-state index contributed by atoms with van der Waals surface area (Å²) in [6.45, 7) is -0.619. The summed E-state index contributed by atoms with van der Waals surface area (Å²) in [4.78, 5) is 42.8. The van der Waals surface area contributed by atoms with Crippen molar-refractivity contribution in [2.75, 3.05) is 75.6 Å². The number of piperidine rings is 3. The van der Waals surface area contributed by atoms with E-state index in [1.165, 1.54) is 63.9 Å². The van der Waals surface area contributed by atoms with Gasteiger partial charge in [0.1, 0.15) is 70.2 Å². The summed E-state index contributed by atoms with van der Waals surface area (Å²) in [6, 6.07) is 29.3. The fraction of sp³-hybridized carbons (Fsp3) is 0.280. The van der Waals surface area contributed by atoms with Gasteiger partial charge in [0.25, 0.3) is 30.1 Å². The number of hydrogen-bond acceptors (Lipinski definition) is 31. The molecule has 12 aromatic heterocycles. The Bertz CT molecular complexity index is 6030. The number of hydrogen-bond donors (Lipinski definition) is 3. The minimum atomic E-state index is -4.78. The highest BCUT2D eigenvalue weighted by atomic mass is 32.2. The highest BCUT2D eigenvalue weighted by molar-refractivity contribution is 7.89. The number of anilines is 3. The van der Waals surface area contributed by atoms with E-state index in [4.69, 9.17) is 70.9 Å². The van der Waals surface area contributed by atoms with Crippen molar-refractivity contribution in [3.63, 3.8) is 0 Å². The predicted octanol–water partition coefficient (Wildman–Crippen LogP) is 9.34. The van der Waals surface area contributed by atoms with Crippen molar-refractivity contribution in [2.45, 2.75) is 71.7 Å². The van der Waals surface area contributed by atoms with Crippen LogP contribution in [0.1, 0.15) is 38.5 Å². The topological polar surface area (TPSA) is 443 Å². The summed E-state index contributed by atoms with van der Waals surface area (Å²) in [5, 5.41) is 22.4. The number of oxazole rings is 3. The third-order valence-corrected chi connectivity index (χ3v) is 26.7. The van der Waals surface area contributed by atoms with Crippen LogP contribution in [0.3, 0.4) is 0 Å². The number of phosphoric acid groups is 1. The van der Waals surface area contributed by atoms with E-state index in [1.54, 1.807) is 163 Å². The van der Waals surface area contributed by atoms with E-state index in [1.807, 2.05) is 18.2 Å². The Morgan fingerprint density at radius 2 is 0.723 bits per heavy atom. The minimum absolute atomic E-state index is 0.0289. The fourth-order valence-corrected chi connectivity index (χ4v) is 19.7. The molecule has 44 heteroatoms. The Labute approximate surface area is 678 Å². The monoisotopic (exact) mass is 1690 g/mol. The summed E-state index contributed by atoms with van der Waals surface area (Å²) in [5.74, 6) is 2.28. The zero-order chi connectivity index (χ0) is 81.6. The van der Waals surface area contributed by atoms with Gasteiger partial charge in [-0.25, -0.2) is 73.3 Å². The highest BCUT2D eigenvalue weighted by Gasteiger charge is 2.37. The number of aryl methyl sites for hydroxylation is 3. The van der Waals surface area contributed by atoms with Gasteiger partial charge in [0.15, 0.2) is 35.5 Å². The molecule has 3 atom stereocenters. The van der Waals surface area contributed by atoms with Crippen LogP contribution < -0.4 is 30.2 Å². The predicted molar refractivity (Wildman–Crippen MR) is 425 cm³/mol. The standard InChI is InChI=1S/C75H75N24O16PS3/c1-91-31-22-61(88-91)117(101,102)94-28-7-13-52(43-94)79-70-76-25-19-58(82-70)67-64(85-73-97(67)34-37-107-73)49-10-4-16-55(40-49)110-46-113-116(100,114-47-111-56-17-5-11-50(41-56)65-68(98-35-38-108-74(98)86-65)59-20-26-77-71(83-59)80-53-14-8-29-95(44-53)118(103,104)62-23-32-92(2)89-62)115-48-112-57-18-6-12-51(42-57)66-69(99-36-39-109-75(99)87-66)60-21-27-78-72(84-60)81-54-15-9-30-96(45-54)119(105,106)63-24-33-93(3)90-63/h4-6,10-12,16-27,31-42,52-54H,7-9,13-15,28-30,43-48H2,1-3H3,(H,76,79,82)(H,77,80,83)(H,78,81,84). The van der Waals surface area contributed by atoms with Gasteiger partial charge in [-0.1, -0.05) is 36.4 Å². The van der Waals surface area contributed by atoms with E-state index in [2.05, 4.69) is 46.2 Å². The lowest BCUT2D eigenvalue weighted by atomic mass is 10.1. The maximum atomic E-state index is 15.2. The molecule has 119 heavy (non-hydrogen) atoms. The molecular weight excluding hydrogens is 1620 g/mol. The van der Waals surface area contributed by atoms with Crippen LogP contribution in [0.15, 0.2) is 212 Å². The van der Waals surface area contributed by atoms with Gasteiger partial charge < -0.3 is 43.4 Å². The van der Waals surface area contributed by atoms with Crippen LogP contribution in [-0.4, -0.2) is 203 Å². The molecule has 3 aliphatic rings. The average Bonchev–Trinajstić information content (AvgIpc) is 1.61. The second kappa shape index (κ2) is 32.4. The van der Waals surface area contributed by atoms with E-state index < -0.39 is 58.3 Å². The van der Waals surface area contributed by atoms with Crippen LogP contribution in [0.4, 0.5) is 17.8 Å². The molecular formula is C75H75N24O16PS3. The molecule has 18 rings (SSSR count). The Morgan fingerprint density at radius 1 is 0.412 bits per heavy atom. The fourth-order valence-electron chi connectivity index (χ4n) is 14.5. The van der Waals surface area contributed by atoms with Crippen LogP contribution in [-0.2, 0) is 69.3 Å². The zero-order valence-electron chi connectivity index (χ0n) is 63.8. The van der Waals surface area contributed by atoms with Crippen molar-refractivity contribution in [1.82, 2.24) is 100 Å². The third-order valence-electron chi connectivity index (χ3n) is 20.1.